The number of nitrogens with one attached hydrogen (secondary N) is 1. The van der Waals surface area contributed by atoms with E-state index in [1.165, 1.54) is 23.2 Å². The molecule has 2 aromatic heterocycles. The molecule has 0 fully saturated rings. The van der Waals surface area contributed by atoms with Gasteiger partial charge in [0.1, 0.15) is 0 Å². The van der Waals surface area contributed by atoms with Crippen LogP contribution < -0.4 is 16.7 Å². The Bertz CT molecular complexity index is 668. The van der Waals surface area contributed by atoms with Crippen LogP contribution in [0.15, 0.2) is 35.5 Å². The van der Waals surface area contributed by atoms with Gasteiger partial charge >= 0.3 is 5.69 Å². The van der Waals surface area contributed by atoms with Gasteiger partial charge in [0.05, 0.1) is 23.4 Å². The second-order valence-electron chi connectivity index (χ2n) is 3.64. The summed E-state index contributed by atoms with van der Waals surface area (Å²) in [6.07, 6.45) is 4.13. The molecule has 0 spiro atoms. The first-order chi connectivity index (χ1) is 9.10. The van der Waals surface area contributed by atoms with E-state index in [1.54, 1.807) is 6.07 Å². The number of anilines is 1. The summed E-state index contributed by atoms with van der Waals surface area (Å²) in [7, 11) is 0. The number of nitro groups is 1. The lowest BCUT2D eigenvalue weighted by Gasteiger charge is -2.06. The molecule has 0 saturated heterocycles. The summed E-state index contributed by atoms with van der Waals surface area (Å²) in [5, 5.41) is 10.7. The molecule has 0 bridgehead atoms. The highest BCUT2D eigenvalue weighted by Crippen LogP contribution is 2.06. The number of rotatable bonds is 4. The smallest absolute Gasteiger partial charge is 0.332 e. The highest BCUT2D eigenvalue weighted by atomic mass is 16.6. The summed E-state index contributed by atoms with van der Waals surface area (Å²) in [6, 6.07) is 2.78. The lowest BCUT2D eigenvalue weighted by atomic mass is 10.3. The molecule has 0 saturated carbocycles. The second-order valence-corrected chi connectivity index (χ2v) is 3.64. The minimum Gasteiger partial charge on any atom is -0.342 e. The molecule has 0 unspecified atom stereocenters. The van der Waals surface area contributed by atoms with E-state index in [1.807, 2.05) is 0 Å². The van der Waals surface area contributed by atoms with Crippen LogP contribution in [-0.2, 0) is 6.54 Å². The maximum Gasteiger partial charge on any atom is 0.332 e. The molecule has 19 heavy (non-hydrogen) atoms. The topological polar surface area (TPSA) is 129 Å². The van der Waals surface area contributed by atoms with Crippen molar-refractivity contribution in [3.8, 4) is 0 Å². The van der Waals surface area contributed by atoms with Gasteiger partial charge in [-0.3, -0.25) is 20.3 Å². The molecule has 0 amide bonds. The summed E-state index contributed by atoms with van der Waals surface area (Å²) in [6.45, 7) is 0.262. The number of hydrazine groups is 1. The first-order valence-electron chi connectivity index (χ1n) is 5.23. The predicted octanol–water partition coefficient (Wildman–Crippen LogP) is -0.120. The van der Waals surface area contributed by atoms with Gasteiger partial charge in [0.2, 0.25) is 5.95 Å². The van der Waals surface area contributed by atoms with Crippen molar-refractivity contribution in [3.05, 3.63) is 56.8 Å². The SMILES string of the molecule is NNc1nccc(Cn2ccc(=O)c([N+](=O)[O-])c2)n1. The molecular weight excluding hydrogens is 252 g/mol. The lowest BCUT2D eigenvalue weighted by molar-refractivity contribution is -0.386. The van der Waals surface area contributed by atoms with E-state index in [0.29, 0.717) is 5.69 Å². The number of pyridine rings is 1. The third kappa shape index (κ3) is 2.90. The first kappa shape index (κ1) is 12.6. The number of nitrogen functional groups attached to an aromatic ring is 1. The normalized spacial score (nSPS) is 10.2. The molecule has 0 aromatic carbocycles. The molecule has 0 radical (unpaired) electrons. The van der Waals surface area contributed by atoms with E-state index in [0.717, 1.165) is 6.07 Å². The summed E-state index contributed by atoms with van der Waals surface area (Å²) >= 11 is 0. The van der Waals surface area contributed by atoms with Crippen molar-refractivity contribution in [3.63, 3.8) is 0 Å². The number of aromatic nitrogens is 3. The van der Waals surface area contributed by atoms with Crippen LogP contribution in [0.3, 0.4) is 0 Å². The maximum absolute atomic E-state index is 11.3. The quantitative estimate of drug-likeness (QED) is 0.446. The van der Waals surface area contributed by atoms with Crippen molar-refractivity contribution in [2.75, 3.05) is 5.43 Å². The summed E-state index contributed by atoms with van der Waals surface area (Å²) in [4.78, 5) is 29.1. The Labute approximate surface area is 106 Å². The number of nitrogens with two attached hydrogens (primary N) is 1. The van der Waals surface area contributed by atoms with E-state index in [2.05, 4.69) is 15.4 Å². The van der Waals surface area contributed by atoms with Crippen molar-refractivity contribution in [1.82, 2.24) is 14.5 Å². The van der Waals surface area contributed by atoms with Gasteiger partial charge in [-0.1, -0.05) is 0 Å². The summed E-state index contributed by atoms with van der Waals surface area (Å²) < 4.78 is 1.49. The van der Waals surface area contributed by atoms with Gasteiger partial charge in [0.25, 0.3) is 5.43 Å². The van der Waals surface area contributed by atoms with Crippen LogP contribution in [-0.4, -0.2) is 19.5 Å². The molecule has 0 aliphatic carbocycles. The van der Waals surface area contributed by atoms with E-state index in [-0.39, 0.29) is 12.5 Å². The highest BCUT2D eigenvalue weighted by Gasteiger charge is 2.11. The van der Waals surface area contributed by atoms with E-state index < -0.39 is 16.0 Å². The highest BCUT2D eigenvalue weighted by molar-refractivity contribution is 5.26. The minimum absolute atomic E-state index is 0.244. The van der Waals surface area contributed by atoms with Crippen LogP contribution in [0.4, 0.5) is 11.6 Å². The summed E-state index contributed by atoms with van der Waals surface area (Å²) in [5.41, 5.74) is 1.79. The Morgan fingerprint density at radius 2 is 2.26 bits per heavy atom. The van der Waals surface area contributed by atoms with Gasteiger partial charge in [-0.15, -0.1) is 0 Å². The number of hydrogen-bond donors (Lipinski definition) is 2. The number of nitrogens with zero attached hydrogens (tertiary/aromatic N) is 4. The molecule has 9 nitrogen and oxygen atoms in total. The first-order valence-corrected chi connectivity index (χ1v) is 5.23. The molecule has 2 rings (SSSR count). The Balaban J connectivity index is 2.30. The van der Waals surface area contributed by atoms with Crippen molar-refractivity contribution in [2.24, 2.45) is 5.84 Å². The average Bonchev–Trinajstić information content (AvgIpc) is 2.41. The zero-order chi connectivity index (χ0) is 13.8. The van der Waals surface area contributed by atoms with Crippen LogP contribution in [0.1, 0.15) is 5.69 Å². The van der Waals surface area contributed by atoms with Crippen LogP contribution in [0.2, 0.25) is 0 Å². The molecule has 98 valence electrons. The molecule has 2 aromatic rings. The van der Waals surface area contributed by atoms with Crippen LogP contribution in [0, 0.1) is 10.1 Å². The lowest BCUT2D eigenvalue weighted by Crippen LogP contribution is -2.14. The predicted molar refractivity (Wildman–Crippen MR) is 66.3 cm³/mol. The fraction of sp³-hybridized carbons (Fsp3) is 0.100. The average molecular weight is 262 g/mol. The van der Waals surface area contributed by atoms with Crippen molar-refractivity contribution < 1.29 is 4.92 Å². The molecule has 0 aliphatic heterocycles. The zero-order valence-electron chi connectivity index (χ0n) is 9.68. The van der Waals surface area contributed by atoms with E-state index >= 15 is 0 Å². The van der Waals surface area contributed by atoms with Crippen molar-refractivity contribution in [2.45, 2.75) is 6.54 Å². The van der Waals surface area contributed by atoms with Gasteiger partial charge in [0.15, 0.2) is 0 Å². The molecule has 0 aliphatic rings. The zero-order valence-corrected chi connectivity index (χ0v) is 9.68. The van der Waals surface area contributed by atoms with Crippen LogP contribution in [0.25, 0.3) is 0 Å². The van der Waals surface area contributed by atoms with Gasteiger partial charge in [-0.05, 0) is 6.07 Å². The largest absolute Gasteiger partial charge is 0.342 e. The number of hydrogen-bond acceptors (Lipinski definition) is 7. The van der Waals surface area contributed by atoms with E-state index in [4.69, 9.17) is 5.84 Å². The maximum atomic E-state index is 11.3. The fourth-order valence-corrected chi connectivity index (χ4v) is 1.49. The second kappa shape index (κ2) is 5.23. The van der Waals surface area contributed by atoms with Gasteiger partial charge < -0.3 is 4.57 Å². The molecule has 2 heterocycles. The van der Waals surface area contributed by atoms with Gasteiger partial charge in [-0.25, -0.2) is 15.8 Å². The molecule has 0 atom stereocenters. The Morgan fingerprint density at radius 3 is 2.95 bits per heavy atom. The Morgan fingerprint density at radius 1 is 1.47 bits per heavy atom. The standard InChI is InChI=1S/C10H10N6O3/c11-14-10-12-3-1-7(13-10)5-15-4-2-9(17)8(6-15)16(18)19/h1-4,6H,5,11H2,(H,12,13,14). The monoisotopic (exact) mass is 262 g/mol. The molecule has 3 N–H and O–H groups in total. The van der Waals surface area contributed by atoms with Crippen LogP contribution >= 0.6 is 0 Å². The fourth-order valence-electron chi connectivity index (χ4n) is 1.49. The van der Waals surface area contributed by atoms with Crippen molar-refractivity contribution in [1.29, 1.82) is 0 Å². The van der Waals surface area contributed by atoms with Gasteiger partial charge in [-0.2, -0.15) is 0 Å². The third-order valence-electron chi connectivity index (χ3n) is 2.34. The van der Waals surface area contributed by atoms with Gasteiger partial charge in [0, 0.05) is 18.5 Å². The third-order valence-corrected chi connectivity index (χ3v) is 2.34. The van der Waals surface area contributed by atoms with E-state index in [9.17, 15) is 14.9 Å². The Kier molecular flexibility index (Phi) is 3.48. The summed E-state index contributed by atoms with van der Waals surface area (Å²) in [5.74, 6) is 5.43. The minimum atomic E-state index is -0.717. The molecular formula is C10H10N6O3. The van der Waals surface area contributed by atoms with Crippen LogP contribution in [0.5, 0.6) is 0 Å². The molecule has 9 heteroatoms. The Hall–Kier alpha value is -2.81. The van der Waals surface area contributed by atoms with Crippen molar-refractivity contribution >= 4 is 11.6 Å².